The predicted molar refractivity (Wildman–Crippen MR) is 89.4 cm³/mol. The van der Waals surface area contributed by atoms with E-state index >= 15 is 0 Å². The maximum atomic E-state index is 9.47. The molecule has 1 atom stereocenters. The summed E-state index contributed by atoms with van der Waals surface area (Å²) in [6.45, 7) is 12.3. The third-order valence-corrected chi connectivity index (χ3v) is 4.42. The van der Waals surface area contributed by atoms with Crippen LogP contribution in [0.1, 0.15) is 59.8 Å². The van der Waals surface area contributed by atoms with Gasteiger partial charge in [-0.2, -0.15) is 5.26 Å². The Morgan fingerprint density at radius 2 is 1.86 bits per heavy atom. The Kier molecular flexibility index (Phi) is 11.6. The topological polar surface area (TPSA) is 48.3 Å². The largest absolute Gasteiger partial charge is 0.383 e. The molecule has 0 aromatic heterocycles. The second-order valence-electron chi connectivity index (χ2n) is 5.68. The van der Waals surface area contributed by atoms with E-state index in [1.807, 2.05) is 0 Å². The van der Waals surface area contributed by atoms with E-state index in [1.165, 1.54) is 12.8 Å². The first kappa shape index (κ1) is 20.4. The molecular weight excluding hydrogens is 262 g/mol. The van der Waals surface area contributed by atoms with Gasteiger partial charge in [0.2, 0.25) is 0 Å². The van der Waals surface area contributed by atoms with E-state index in [9.17, 15) is 5.26 Å². The molecule has 0 heterocycles. The fraction of sp³-hybridized carbons (Fsp3) is 0.941. The van der Waals surface area contributed by atoms with Crippen molar-refractivity contribution in [1.82, 2.24) is 10.2 Å². The van der Waals surface area contributed by atoms with Crippen LogP contribution in [-0.2, 0) is 4.74 Å². The molecule has 21 heavy (non-hydrogen) atoms. The molecule has 0 aromatic carbocycles. The van der Waals surface area contributed by atoms with Gasteiger partial charge in [-0.15, -0.1) is 0 Å². The summed E-state index contributed by atoms with van der Waals surface area (Å²) in [5.41, 5.74) is -0.352. The van der Waals surface area contributed by atoms with Gasteiger partial charge in [-0.1, -0.05) is 27.7 Å². The van der Waals surface area contributed by atoms with E-state index in [2.05, 4.69) is 44.0 Å². The van der Waals surface area contributed by atoms with Gasteiger partial charge >= 0.3 is 0 Å². The molecule has 0 aliphatic rings. The van der Waals surface area contributed by atoms with Crippen LogP contribution >= 0.6 is 0 Å². The Balaban J connectivity index is 4.49. The fourth-order valence-electron chi connectivity index (χ4n) is 2.98. The van der Waals surface area contributed by atoms with Gasteiger partial charge in [-0.05, 0) is 45.2 Å². The zero-order valence-electron chi connectivity index (χ0n) is 14.7. The highest BCUT2D eigenvalue weighted by Gasteiger charge is 2.26. The summed E-state index contributed by atoms with van der Waals surface area (Å²) in [5.74, 6) is 0. The smallest absolute Gasteiger partial charge is 0.106 e. The molecule has 0 saturated heterocycles. The number of methoxy groups -OCH3 is 1. The Labute approximate surface area is 131 Å². The zero-order valence-corrected chi connectivity index (χ0v) is 14.7. The minimum Gasteiger partial charge on any atom is -0.383 e. The molecule has 4 heteroatoms. The van der Waals surface area contributed by atoms with Gasteiger partial charge in [0.15, 0.2) is 0 Å². The van der Waals surface area contributed by atoms with Crippen molar-refractivity contribution in [3.05, 3.63) is 0 Å². The maximum absolute atomic E-state index is 9.47. The van der Waals surface area contributed by atoms with Gasteiger partial charge in [0, 0.05) is 19.7 Å². The van der Waals surface area contributed by atoms with E-state index in [4.69, 9.17) is 4.74 Å². The van der Waals surface area contributed by atoms with Crippen molar-refractivity contribution in [1.29, 1.82) is 5.26 Å². The quantitative estimate of drug-likeness (QED) is 0.567. The van der Waals surface area contributed by atoms with Crippen molar-refractivity contribution in [3.63, 3.8) is 0 Å². The van der Waals surface area contributed by atoms with E-state index in [0.717, 1.165) is 45.5 Å². The molecule has 0 aliphatic heterocycles. The van der Waals surface area contributed by atoms with Crippen LogP contribution in [0.25, 0.3) is 0 Å². The van der Waals surface area contributed by atoms with E-state index in [0.29, 0.717) is 6.04 Å². The van der Waals surface area contributed by atoms with Gasteiger partial charge in [0.1, 0.15) is 5.54 Å². The van der Waals surface area contributed by atoms with Gasteiger partial charge in [-0.25, -0.2) is 0 Å². The zero-order chi connectivity index (χ0) is 16.1. The van der Waals surface area contributed by atoms with Crippen LogP contribution < -0.4 is 5.32 Å². The molecule has 0 amide bonds. The molecule has 0 spiro atoms. The molecule has 0 bridgehead atoms. The molecule has 0 fully saturated rings. The summed E-state index contributed by atoms with van der Waals surface area (Å²) in [6, 6.07) is 3.11. The highest BCUT2D eigenvalue weighted by molar-refractivity contribution is 5.06. The number of nitrogens with zero attached hydrogens (tertiary/aromatic N) is 2. The van der Waals surface area contributed by atoms with Crippen molar-refractivity contribution < 1.29 is 4.74 Å². The number of nitrogens with one attached hydrogen (secondary N) is 1. The molecule has 1 N–H and O–H groups in total. The normalized spacial score (nSPS) is 14.4. The first-order valence-corrected chi connectivity index (χ1v) is 8.52. The lowest BCUT2D eigenvalue weighted by atomic mass is 9.91. The van der Waals surface area contributed by atoms with Crippen LogP contribution in [0.15, 0.2) is 0 Å². The monoisotopic (exact) mass is 297 g/mol. The molecule has 0 aromatic rings. The van der Waals surface area contributed by atoms with Gasteiger partial charge < -0.3 is 4.74 Å². The Hall–Kier alpha value is -0.630. The standard InChI is InChI=1S/C17H35N3O/c1-6-16(7-2)20(13-14-21-5)12-10-11-17(8-3,15-18)19-9-4/h16,19H,6-14H2,1-5H3. The summed E-state index contributed by atoms with van der Waals surface area (Å²) in [6.07, 6.45) is 5.17. The summed E-state index contributed by atoms with van der Waals surface area (Å²) in [7, 11) is 1.76. The van der Waals surface area contributed by atoms with Crippen LogP contribution in [0, 0.1) is 11.3 Å². The van der Waals surface area contributed by atoms with E-state index in [-0.39, 0.29) is 5.54 Å². The van der Waals surface area contributed by atoms with Gasteiger partial charge in [0.05, 0.1) is 12.7 Å². The third kappa shape index (κ3) is 7.26. The summed E-state index contributed by atoms with van der Waals surface area (Å²) < 4.78 is 5.23. The highest BCUT2D eigenvalue weighted by Crippen LogP contribution is 2.18. The first-order chi connectivity index (χ1) is 10.1. The second-order valence-corrected chi connectivity index (χ2v) is 5.68. The lowest BCUT2D eigenvalue weighted by molar-refractivity contribution is 0.112. The van der Waals surface area contributed by atoms with E-state index < -0.39 is 0 Å². The van der Waals surface area contributed by atoms with Crippen LogP contribution in [0.4, 0.5) is 0 Å². The molecule has 0 rings (SSSR count). The van der Waals surface area contributed by atoms with Crippen molar-refractivity contribution in [3.8, 4) is 6.07 Å². The molecule has 1 unspecified atom stereocenters. The molecule has 0 radical (unpaired) electrons. The van der Waals surface area contributed by atoms with Crippen LogP contribution in [-0.4, -0.2) is 49.8 Å². The summed E-state index contributed by atoms with van der Waals surface area (Å²) >= 11 is 0. The Bertz CT molecular complexity index is 286. The molecule has 0 aliphatic carbocycles. The molecule has 124 valence electrons. The first-order valence-electron chi connectivity index (χ1n) is 8.52. The van der Waals surface area contributed by atoms with Crippen molar-refractivity contribution in [2.24, 2.45) is 0 Å². The van der Waals surface area contributed by atoms with Crippen molar-refractivity contribution in [2.75, 3.05) is 33.4 Å². The maximum Gasteiger partial charge on any atom is 0.106 e. The minimum absolute atomic E-state index is 0.352. The lowest BCUT2D eigenvalue weighted by Gasteiger charge is -2.32. The Morgan fingerprint density at radius 3 is 2.29 bits per heavy atom. The number of hydrogen-bond donors (Lipinski definition) is 1. The third-order valence-electron chi connectivity index (χ3n) is 4.42. The fourth-order valence-corrected chi connectivity index (χ4v) is 2.98. The summed E-state index contributed by atoms with van der Waals surface area (Å²) in [5, 5.41) is 12.8. The predicted octanol–water partition coefficient (Wildman–Crippen LogP) is 3.19. The molecule has 4 nitrogen and oxygen atoms in total. The van der Waals surface area contributed by atoms with E-state index in [1.54, 1.807) is 7.11 Å². The lowest BCUT2D eigenvalue weighted by Crippen LogP contribution is -2.44. The second kappa shape index (κ2) is 12.0. The van der Waals surface area contributed by atoms with Gasteiger partial charge in [-0.3, -0.25) is 10.2 Å². The van der Waals surface area contributed by atoms with Crippen LogP contribution in [0.2, 0.25) is 0 Å². The Morgan fingerprint density at radius 1 is 1.19 bits per heavy atom. The molecule has 0 saturated carbocycles. The number of nitriles is 1. The minimum atomic E-state index is -0.352. The average molecular weight is 297 g/mol. The SMILES string of the molecule is CCNC(C#N)(CC)CCCN(CCOC)C(CC)CC. The van der Waals surface area contributed by atoms with Gasteiger partial charge in [0.25, 0.3) is 0 Å². The van der Waals surface area contributed by atoms with Crippen LogP contribution in [0.3, 0.4) is 0 Å². The molecular formula is C17H35N3O. The highest BCUT2D eigenvalue weighted by atomic mass is 16.5. The van der Waals surface area contributed by atoms with Crippen molar-refractivity contribution in [2.45, 2.75) is 71.4 Å². The average Bonchev–Trinajstić information content (AvgIpc) is 2.52. The number of hydrogen-bond acceptors (Lipinski definition) is 4. The van der Waals surface area contributed by atoms with Crippen LogP contribution in [0.5, 0.6) is 0 Å². The summed E-state index contributed by atoms with van der Waals surface area (Å²) in [4.78, 5) is 2.52. The number of ether oxygens (including phenoxy) is 1. The number of rotatable bonds is 13. The van der Waals surface area contributed by atoms with Crippen molar-refractivity contribution >= 4 is 0 Å².